The van der Waals surface area contributed by atoms with Crippen LogP contribution in [0.25, 0.3) is 0 Å². The van der Waals surface area contributed by atoms with Crippen molar-refractivity contribution in [2.24, 2.45) is 0 Å². The molecule has 1 atom stereocenters. The number of carbonyl (C=O) groups excluding carboxylic acids is 1. The minimum Gasteiger partial charge on any atom is -0.324 e. The molecule has 1 N–H and O–H groups in total. The number of anilines is 1. The van der Waals surface area contributed by atoms with E-state index in [9.17, 15) is 10.1 Å². The number of carbonyl (C=O) groups is 1. The number of hydrogen-bond donors (Lipinski definition) is 1. The number of rotatable bonds is 3. The van der Waals surface area contributed by atoms with Crippen LogP contribution in [0.1, 0.15) is 11.5 Å². The molecule has 1 unspecified atom stereocenters. The van der Waals surface area contributed by atoms with Gasteiger partial charge < -0.3 is 5.32 Å². The Morgan fingerprint density at radius 1 is 1.25 bits per heavy atom. The zero-order chi connectivity index (χ0) is 14.5. The Labute approximate surface area is 135 Å². The molecule has 3 nitrogen and oxygen atoms in total. The summed E-state index contributed by atoms with van der Waals surface area (Å²) in [5.41, 5.74) is 1.33. The second-order valence-corrected chi connectivity index (χ2v) is 5.68. The molecular weight excluding hydrogens is 387 g/mol. The first-order valence-corrected chi connectivity index (χ1v) is 7.28. The smallest absolute Gasteiger partial charge is 0.246 e. The van der Waals surface area contributed by atoms with Gasteiger partial charge in [0, 0.05) is 8.59 Å². The van der Waals surface area contributed by atoms with E-state index in [1.807, 2.05) is 12.1 Å². The molecule has 0 fully saturated rings. The predicted molar refractivity (Wildman–Crippen MR) is 87.6 cm³/mol. The van der Waals surface area contributed by atoms with E-state index >= 15 is 0 Å². The van der Waals surface area contributed by atoms with Gasteiger partial charge in [-0.1, -0.05) is 41.9 Å². The Bertz CT molecular complexity index is 667. The number of nitriles is 1. The van der Waals surface area contributed by atoms with Crippen molar-refractivity contribution >= 4 is 45.8 Å². The minimum atomic E-state index is -0.831. The predicted octanol–water partition coefficient (Wildman–Crippen LogP) is 4.19. The van der Waals surface area contributed by atoms with E-state index in [-0.39, 0.29) is 5.91 Å². The zero-order valence-corrected chi connectivity index (χ0v) is 13.2. The second-order valence-electron chi connectivity index (χ2n) is 4.09. The van der Waals surface area contributed by atoms with Gasteiger partial charge in [-0.05, 0) is 46.4 Å². The van der Waals surface area contributed by atoms with Gasteiger partial charge in [-0.25, -0.2) is 0 Å². The normalized spacial score (nSPS) is 11.4. The quantitative estimate of drug-likeness (QED) is 0.791. The van der Waals surface area contributed by atoms with Gasteiger partial charge >= 0.3 is 0 Å². The number of halogens is 2. The van der Waals surface area contributed by atoms with Crippen LogP contribution in [0.15, 0.2) is 48.5 Å². The van der Waals surface area contributed by atoms with Crippen molar-refractivity contribution in [1.29, 1.82) is 5.26 Å². The third-order valence-electron chi connectivity index (χ3n) is 2.71. The van der Waals surface area contributed by atoms with Crippen molar-refractivity contribution in [3.8, 4) is 6.07 Å². The molecule has 0 spiro atoms. The van der Waals surface area contributed by atoms with Gasteiger partial charge in [0.15, 0.2) is 5.92 Å². The minimum absolute atomic E-state index is 0.348. The number of hydrogen-bond acceptors (Lipinski definition) is 2. The third kappa shape index (κ3) is 3.50. The summed E-state index contributed by atoms with van der Waals surface area (Å²) in [5, 5.41) is 12.6. The van der Waals surface area contributed by atoms with Crippen molar-refractivity contribution in [1.82, 2.24) is 0 Å². The molecule has 0 radical (unpaired) electrons. The molecule has 0 saturated heterocycles. The fraction of sp³-hybridized carbons (Fsp3) is 0.0667. The van der Waals surface area contributed by atoms with Crippen LogP contribution in [-0.4, -0.2) is 5.91 Å². The van der Waals surface area contributed by atoms with E-state index in [1.165, 1.54) is 0 Å². The maximum atomic E-state index is 12.2. The molecule has 100 valence electrons. The largest absolute Gasteiger partial charge is 0.324 e. The van der Waals surface area contributed by atoms with Crippen molar-refractivity contribution < 1.29 is 4.79 Å². The molecule has 0 aliphatic heterocycles. The van der Waals surface area contributed by atoms with Crippen molar-refractivity contribution in [2.45, 2.75) is 5.92 Å². The maximum absolute atomic E-state index is 12.2. The molecule has 2 aromatic rings. The van der Waals surface area contributed by atoms with E-state index < -0.39 is 5.92 Å². The van der Waals surface area contributed by atoms with Crippen LogP contribution in [0.3, 0.4) is 0 Å². The standard InChI is InChI=1S/C15H10ClIN2O/c16-11-6-7-14(13(17)8-11)19-15(20)12(9-18)10-4-2-1-3-5-10/h1-8,12H,(H,19,20). The highest BCUT2D eigenvalue weighted by atomic mass is 127. The molecule has 20 heavy (non-hydrogen) atoms. The van der Waals surface area contributed by atoms with Crippen LogP contribution >= 0.6 is 34.2 Å². The first-order valence-electron chi connectivity index (χ1n) is 5.82. The highest BCUT2D eigenvalue weighted by Gasteiger charge is 2.20. The lowest BCUT2D eigenvalue weighted by Gasteiger charge is -2.12. The van der Waals surface area contributed by atoms with Gasteiger partial charge in [-0.2, -0.15) is 5.26 Å². The lowest BCUT2D eigenvalue weighted by atomic mass is 10.00. The molecule has 2 aromatic carbocycles. The van der Waals surface area contributed by atoms with E-state index in [0.29, 0.717) is 16.3 Å². The van der Waals surface area contributed by atoms with Gasteiger partial charge in [0.2, 0.25) is 5.91 Å². The third-order valence-corrected chi connectivity index (χ3v) is 3.84. The number of benzene rings is 2. The van der Waals surface area contributed by atoms with Gasteiger partial charge in [-0.3, -0.25) is 4.79 Å². The molecule has 0 aliphatic carbocycles. The number of nitrogens with zero attached hydrogens (tertiary/aromatic N) is 1. The summed E-state index contributed by atoms with van der Waals surface area (Å²) in [7, 11) is 0. The van der Waals surface area contributed by atoms with Crippen LogP contribution in [0.5, 0.6) is 0 Å². The summed E-state index contributed by atoms with van der Waals surface area (Å²) in [6.45, 7) is 0. The summed E-state index contributed by atoms with van der Waals surface area (Å²) >= 11 is 7.96. The lowest BCUT2D eigenvalue weighted by molar-refractivity contribution is -0.116. The molecule has 0 aliphatic rings. The van der Waals surface area contributed by atoms with E-state index in [0.717, 1.165) is 3.57 Å². The molecule has 0 heterocycles. The van der Waals surface area contributed by atoms with E-state index in [1.54, 1.807) is 42.5 Å². The van der Waals surface area contributed by atoms with Gasteiger partial charge in [-0.15, -0.1) is 0 Å². The zero-order valence-electron chi connectivity index (χ0n) is 10.3. The monoisotopic (exact) mass is 396 g/mol. The average molecular weight is 397 g/mol. The number of amides is 1. The Balaban J connectivity index is 2.21. The topological polar surface area (TPSA) is 52.9 Å². The summed E-state index contributed by atoms with van der Waals surface area (Å²) < 4.78 is 0.827. The lowest BCUT2D eigenvalue weighted by Crippen LogP contribution is -2.20. The van der Waals surface area contributed by atoms with Crippen LogP contribution in [0.2, 0.25) is 5.02 Å². The maximum Gasteiger partial charge on any atom is 0.246 e. The van der Waals surface area contributed by atoms with Crippen molar-refractivity contribution in [3.05, 3.63) is 62.7 Å². The van der Waals surface area contributed by atoms with E-state index in [4.69, 9.17) is 11.6 Å². The first kappa shape index (κ1) is 14.8. The summed E-state index contributed by atoms with van der Waals surface area (Å²) in [5.74, 6) is -1.18. The second kappa shape index (κ2) is 6.73. The Morgan fingerprint density at radius 2 is 1.95 bits per heavy atom. The highest BCUT2D eigenvalue weighted by Crippen LogP contribution is 2.24. The Kier molecular flexibility index (Phi) is 4.99. The molecular formula is C15H10ClIN2O. The van der Waals surface area contributed by atoms with Crippen LogP contribution < -0.4 is 5.32 Å². The molecule has 0 aromatic heterocycles. The van der Waals surface area contributed by atoms with Gasteiger partial charge in [0.05, 0.1) is 11.8 Å². The molecule has 5 heteroatoms. The fourth-order valence-corrected chi connectivity index (χ4v) is 2.73. The van der Waals surface area contributed by atoms with Crippen LogP contribution in [0.4, 0.5) is 5.69 Å². The molecule has 0 saturated carbocycles. The summed E-state index contributed by atoms with van der Waals surface area (Å²) in [6, 6.07) is 16.2. The molecule has 1 amide bonds. The van der Waals surface area contributed by atoms with E-state index in [2.05, 4.69) is 27.9 Å². The Hall–Kier alpha value is -1.58. The van der Waals surface area contributed by atoms with Crippen molar-refractivity contribution in [2.75, 3.05) is 5.32 Å². The van der Waals surface area contributed by atoms with Crippen LogP contribution in [0, 0.1) is 14.9 Å². The fourth-order valence-electron chi connectivity index (χ4n) is 1.73. The van der Waals surface area contributed by atoms with Gasteiger partial charge in [0.1, 0.15) is 0 Å². The first-order chi connectivity index (χ1) is 9.61. The SMILES string of the molecule is N#CC(C(=O)Nc1ccc(Cl)cc1I)c1ccccc1. The Morgan fingerprint density at radius 3 is 2.55 bits per heavy atom. The number of nitrogens with one attached hydrogen (secondary N) is 1. The highest BCUT2D eigenvalue weighted by molar-refractivity contribution is 14.1. The average Bonchev–Trinajstić information content (AvgIpc) is 2.44. The molecule has 0 bridgehead atoms. The molecule has 2 rings (SSSR count). The summed E-state index contributed by atoms with van der Waals surface area (Å²) in [6.07, 6.45) is 0. The van der Waals surface area contributed by atoms with Crippen molar-refractivity contribution in [3.63, 3.8) is 0 Å². The van der Waals surface area contributed by atoms with Crippen LogP contribution in [-0.2, 0) is 4.79 Å². The summed E-state index contributed by atoms with van der Waals surface area (Å²) in [4.78, 5) is 12.2. The van der Waals surface area contributed by atoms with Gasteiger partial charge in [0.25, 0.3) is 0 Å².